The lowest BCUT2D eigenvalue weighted by Crippen LogP contribution is -2.14. The largest absolute Gasteiger partial charge is 0.293 e. The van der Waals surface area contributed by atoms with Gasteiger partial charge in [-0.1, -0.05) is 146 Å². The number of para-hydroxylation sites is 1. The molecule has 0 atom stereocenters. The zero-order valence-electron chi connectivity index (χ0n) is 31.2. The van der Waals surface area contributed by atoms with Gasteiger partial charge in [0.05, 0.1) is 16.7 Å². The van der Waals surface area contributed by atoms with Gasteiger partial charge >= 0.3 is 0 Å². The maximum Gasteiger partial charge on any atom is 0.145 e. The highest BCUT2D eigenvalue weighted by molar-refractivity contribution is 7.26. The van der Waals surface area contributed by atoms with E-state index in [9.17, 15) is 0 Å². The van der Waals surface area contributed by atoms with Crippen LogP contribution in [0.15, 0.2) is 181 Å². The summed E-state index contributed by atoms with van der Waals surface area (Å²) in [6, 6.07) is 62.4. The van der Waals surface area contributed by atoms with Crippen LogP contribution in [0.1, 0.15) is 27.8 Å². The van der Waals surface area contributed by atoms with Gasteiger partial charge in [-0.15, -0.1) is 11.3 Å². The molecule has 0 fully saturated rings. The van der Waals surface area contributed by atoms with Crippen molar-refractivity contribution in [3.8, 4) is 11.1 Å². The Morgan fingerprint density at radius 2 is 1.30 bits per heavy atom. The maximum atomic E-state index is 5.64. The molecule has 0 spiro atoms. The summed E-state index contributed by atoms with van der Waals surface area (Å²) in [7, 11) is 0. The molecular formula is C53H38N2S. The van der Waals surface area contributed by atoms with E-state index in [1.807, 2.05) is 11.3 Å². The molecule has 0 amide bonds. The van der Waals surface area contributed by atoms with Gasteiger partial charge in [0, 0.05) is 42.1 Å². The molecule has 1 aliphatic heterocycles. The molecular weight excluding hydrogens is 697 g/mol. The van der Waals surface area contributed by atoms with E-state index in [0.29, 0.717) is 0 Å². The lowest BCUT2D eigenvalue weighted by molar-refractivity contribution is 0.964. The number of fused-ring (bicyclic) bond motifs is 9. The molecule has 0 N–H and O–H groups in total. The highest BCUT2D eigenvalue weighted by Crippen LogP contribution is 2.43. The fourth-order valence-electron chi connectivity index (χ4n) is 9.01. The first-order valence-corrected chi connectivity index (χ1v) is 20.4. The van der Waals surface area contributed by atoms with Gasteiger partial charge in [0.15, 0.2) is 0 Å². The van der Waals surface area contributed by atoms with Crippen molar-refractivity contribution >= 4 is 81.2 Å². The maximum absolute atomic E-state index is 5.64. The molecule has 11 rings (SSSR count). The van der Waals surface area contributed by atoms with Crippen molar-refractivity contribution in [3.63, 3.8) is 0 Å². The zero-order valence-corrected chi connectivity index (χ0v) is 32.0. The van der Waals surface area contributed by atoms with E-state index in [4.69, 9.17) is 4.99 Å². The SMILES string of the molecule is Cc1ccccc1-c1ccccc1CCc1ccc2c(c1)c1c3ccccc3ccc1n2C1=Nc2ccccc2CC=C1c1cccc2c1sc1ccccc12. The molecule has 0 unspecified atom stereocenters. The minimum absolute atomic E-state index is 0.813. The Bertz CT molecular complexity index is 3240. The standard InChI is InChI=1S/C53H38N2S/c1-34-13-2-6-17-39(34)40-18-7-3-14-36(40)27-25-35-26-31-48-46(33-35)51-41-19-8-4-15-37(41)29-32-49(51)55(48)53-45(30-28-38-16-5-10-23-47(38)54-53)44-22-12-21-43-42-20-9-11-24-50(42)56-52(43)44/h2-24,26,29-33H,25,27-28H2,1H3. The van der Waals surface area contributed by atoms with E-state index in [0.717, 1.165) is 30.8 Å². The summed E-state index contributed by atoms with van der Waals surface area (Å²) in [6.45, 7) is 2.21. The predicted molar refractivity (Wildman–Crippen MR) is 241 cm³/mol. The van der Waals surface area contributed by atoms with E-state index in [-0.39, 0.29) is 0 Å². The number of aromatic nitrogens is 1. The van der Waals surface area contributed by atoms with Crippen molar-refractivity contribution < 1.29 is 0 Å². The smallest absolute Gasteiger partial charge is 0.145 e. The summed E-state index contributed by atoms with van der Waals surface area (Å²) in [5.41, 5.74) is 13.7. The van der Waals surface area contributed by atoms with Crippen LogP contribution >= 0.6 is 11.3 Å². The molecule has 10 aromatic rings. The van der Waals surface area contributed by atoms with E-state index < -0.39 is 0 Å². The number of thiophene rings is 1. The van der Waals surface area contributed by atoms with Crippen molar-refractivity contribution in [3.05, 3.63) is 204 Å². The lowest BCUT2D eigenvalue weighted by atomic mass is 9.92. The summed E-state index contributed by atoms with van der Waals surface area (Å²) >= 11 is 1.88. The normalized spacial score (nSPS) is 13.0. The molecule has 0 aliphatic carbocycles. The Kier molecular flexibility index (Phi) is 7.82. The van der Waals surface area contributed by atoms with Crippen molar-refractivity contribution in [2.45, 2.75) is 26.2 Å². The van der Waals surface area contributed by atoms with Gasteiger partial charge in [-0.3, -0.25) is 4.57 Å². The fraction of sp³-hybridized carbons (Fsp3) is 0.0755. The van der Waals surface area contributed by atoms with Crippen molar-refractivity contribution in [1.29, 1.82) is 0 Å². The van der Waals surface area contributed by atoms with Gasteiger partial charge in [-0.2, -0.15) is 0 Å². The molecule has 3 heteroatoms. The summed E-state index contributed by atoms with van der Waals surface area (Å²) in [6.07, 6.45) is 5.14. The molecule has 8 aromatic carbocycles. The number of aliphatic imine (C=N–C) groups is 1. The lowest BCUT2D eigenvalue weighted by Gasteiger charge is -2.16. The Labute approximate surface area is 330 Å². The quantitative estimate of drug-likeness (QED) is 0.168. The van der Waals surface area contributed by atoms with Crippen LogP contribution in [0.5, 0.6) is 0 Å². The van der Waals surface area contributed by atoms with Crippen LogP contribution in [0.25, 0.3) is 69.5 Å². The number of hydrogen-bond acceptors (Lipinski definition) is 2. The first-order chi connectivity index (χ1) is 27.7. The monoisotopic (exact) mass is 734 g/mol. The van der Waals surface area contributed by atoms with Crippen LogP contribution < -0.4 is 0 Å². The third kappa shape index (κ3) is 5.34. The minimum atomic E-state index is 0.813. The second-order valence-corrected chi connectivity index (χ2v) is 16.1. The summed E-state index contributed by atoms with van der Waals surface area (Å²) < 4.78 is 5.07. The van der Waals surface area contributed by atoms with Crippen LogP contribution in [0.2, 0.25) is 0 Å². The van der Waals surface area contributed by atoms with Gasteiger partial charge in [0.25, 0.3) is 0 Å². The van der Waals surface area contributed by atoms with Gasteiger partial charge in [-0.05, 0) is 101 Å². The van der Waals surface area contributed by atoms with E-state index in [1.165, 1.54) is 97.3 Å². The van der Waals surface area contributed by atoms with Gasteiger partial charge in [-0.25, -0.2) is 4.99 Å². The van der Waals surface area contributed by atoms with E-state index in [2.05, 4.69) is 187 Å². The molecule has 56 heavy (non-hydrogen) atoms. The van der Waals surface area contributed by atoms with Crippen molar-refractivity contribution in [2.75, 3.05) is 0 Å². The second-order valence-electron chi connectivity index (χ2n) is 15.0. The third-order valence-electron chi connectivity index (χ3n) is 11.7. The van der Waals surface area contributed by atoms with Gasteiger partial charge in [0.1, 0.15) is 5.84 Å². The second kappa shape index (κ2) is 13.3. The summed E-state index contributed by atoms with van der Waals surface area (Å²) in [5, 5.41) is 7.66. The number of allylic oxidation sites excluding steroid dienone is 2. The topological polar surface area (TPSA) is 17.3 Å². The number of benzene rings is 8. The van der Waals surface area contributed by atoms with E-state index >= 15 is 0 Å². The number of hydrogen-bond donors (Lipinski definition) is 0. The Balaban J connectivity index is 1.12. The molecule has 0 saturated carbocycles. The first kappa shape index (κ1) is 32.8. The average Bonchev–Trinajstić information content (AvgIpc) is 3.72. The summed E-state index contributed by atoms with van der Waals surface area (Å²) in [5.74, 6) is 0.968. The van der Waals surface area contributed by atoms with Gasteiger partial charge in [0.2, 0.25) is 0 Å². The summed E-state index contributed by atoms with van der Waals surface area (Å²) in [4.78, 5) is 5.64. The van der Waals surface area contributed by atoms with Crippen LogP contribution in [-0.2, 0) is 19.3 Å². The van der Waals surface area contributed by atoms with Crippen molar-refractivity contribution in [1.82, 2.24) is 4.57 Å². The molecule has 266 valence electrons. The number of rotatable bonds is 5. The van der Waals surface area contributed by atoms with E-state index in [1.54, 1.807) is 0 Å². The molecule has 1 aliphatic rings. The van der Waals surface area contributed by atoms with Crippen LogP contribution in [0, 0.1) is 6.92 Å². The van der Waals surface area contributed by atoms with Crippen LogP contribution in [0.4, 0.5) is 5.69 Å². The Hall–Kier alpha value is -6.55. The van der Waals surface area contributed by atoms with Gasteiger partial charge < -0.3 is 0 Å². The van der Waals surface area contributed by atoms with Crippen LogP contribution in [-0.4, -0.2) is 10.4 Å². The molecule has 2 aromatic heterocycles. The Morgan fingerprint density at radius 1 is 0.571 bits per heavy atom. The number of nitrogens with zero attached hydrogens (tertiary/aromatic N) is 2. The highest BCUT2D eigenvalue weighted by atomic mass is 32.1. The third-order valence-corrected chi connectivity index (χ3v) is 13.0. The zero-order chi connectivity index (χ0) is 37.2. The van der Waals surface area contributed by atoms with Crippen molar-refractivity contribution in [2.24, 2.45) is 4.99 Å². The minimum Gasteiger partial charge on any atom is -0.293 e. The molecule has 3 heterocycles. The Morgan fingerprint density at radius 3 is 2.23 bits per heavy atom. The van der Waals surface area contributed by atoms with Crippen LogP contribution in [0.3, 0.4) is 0 Å². The number of aryl methyl sites for hydroxylation is 3. The predicted octanol–water partition coefficient (Wildman–Crippen LogP) is 14.3. The molecule has 0 radical (unpaired) electrons. The fourth-order valence-corrected chi connectivity index (χ4v) is 10.2. The molecule has 0 bridgehead atoms. The molecule has 2 nitrogen and oxygen atoms in total. The average molecular weight is 735 g/mol. The highest BCUT2D eigenvalue weighted by Gasteiger charge is 2.25. The molecule has 0 saturated heterocycles. The first-order valence-electron chi connectivity index (χ1n) is 19.6.